The Bertz CT molecular complexity index is 524. The normalized spacial score (nSPS) is 26.0. The minimum absolute atomic E-state index is 0.0386. The zero-order valence-corrected chi connectivity index (χ0v) is 13.8. The standard InChI is InChI=1S/C16H23N3O2S/c1-12-4-5-17-13(11-12)15(20)18-6-8-19(9-7-18)16(21)14-3-2-10-22-14/h2-3,10,12-13,17H,4-9,11H2,1H3. The highest BCUT2D eigenvalue weighted by Gasteiger charge is 2.31. The molecule has 2 unspecified atom stereocenters. The summed E-state index contributed by atoms with van der Waals surface area (Å²) in [7, 11) is 0. The van der Waals surface area contributed by atoms with Crippen LogP contribution in [-0.4, -0.2) is 60.4 Å². The maximum Gasteiger partial charge on any atom is 0.264 e. The minimum Gasteiger partial charge on any atom is -0.338 e. The van der Waals surface area contributed by atoms with Crippen LogP contribution in [-0.2, 0) is 4.79 Å². The smallest absolute Gasteiger partial charge is 0.264 e. The predicted octanol–water partition coefficient (Wildman–Crippen LogP) is 1.42. The van der Waals surface area contributed by atoms with E-state index in [2.05, 4.69) is 12.2 Å². The van der Waals surface area contributed by atoms with Crippen LogP contribution in [0.5, 0.6) is 0 Å². The Labute approximate surface area is 135 Å². The van der Waals surface area contributed by atoms with E-state index in [1.54, 1.807) is 0 Å². The zero-order chi connectivity index (χ0) is 15.5. The van der Waals surface area contributed by atoms with Gasteiger partial charge in [-0.25, -0.2) is 0 Å². The molecule has 3 heterocycles. The molecule has 0 spiro atoms. The Morgan fingerprint density at radius 1 is 1.23 bits per heavy atom. The van der Waals surface area contributed by atoms with Gasteiger partial charge in [0.1, 0.15) is 0 Å². The summed E-state index contributed by atoms with van der Waals surface area (Å²) < 4.78 is 0. The number of hydrogen-bond donors (Lipinski definition) is 1. The molecule has 22 heavy (non-hydrogen) atoms. The largest absolute Gasteiger partial charge is 0.338 e. The van der Waals surface area contributed by atoms with E-state index in [4.69, 9.17) is 0 Å². The fraction of sp³-hybridized carbons (Fsp3) is 0.625. The molecule has 2 aliphatic rings. The molecule has 2 aliphatic heterocycles. The Morgan fingerprint density at radius 3 is 2.59 bits per heavy atom. The molecule has 0 aromatic carbocycles. The van der Waals surface area contributed by atoms with E-state index in [0.717, 1.165) is 24.3 Å². The number of carbonyl (C=O) groups is 2. The van der Waals surface area contributed by atoms with Gasteiger partial charge in [-0.05, 0) is 36.8 Å². The van der Waals surface area contributed by atoms with Crippen LogP contribution in [0.1, 0.15) is 29.4 Å². The van der Waals surface area contributed by atoms with Crippen LogP contribution < -0.4 is 5.32 Å². The number of piperidine rings is 1. The molecule has 0 bridgehead atoms. The maximum absolute atomic E-state index is 12.6. The van der Waals surface area contributed by atoms with Gasteiger partial charge in [-0.15, -0.1) is 11.3 Å². The van der Waals surface area contributed by atoms with E-state index in [9.17, 15) is 9.59 Å². The maximum atomic E-state index is 12.6. The summed E-state index contributed by atoms with van der Waals surface area (Å²) >= 11 is 1.47. The van der Waals surface area contributed by atoms with Gasteiger partial charge in [-0.2, -0.15) is 0 Å². The molecular weight excluding hydrogens is 298 g/mol. The molecule has 0 saturated carbocycles. The number of thiophene rings is 1. The molecule has 2 fully saturated rings. The van der Waals surface area contributed by atoms with E-state index in [0.29, 0.717) is 32.1 Å². The van der Waals surface area contributed by atoms with E-state index in [-0.39, 0.29) is 17.9 Å². The average molecular weight is 321 g/mol. The molecule has 6 heteroatoms. The van der Waals surface area contributed by atoms with Crippen molar-refractivity contribution in [2.75, 3.05) is 32.7 Å². The molecule has 2 atom stereocenters. The lowest BCUT2D eigenvalue weighted by Crippen LogP contribution is -2.56. The van der Waals surface area contributed by atoms with Crippen LogP contribution in [0.2, 0.25) is 0 Å². The molecule has 120 valence electrons. The van der Waals surface area contributed by atoms with Gasteiger partial charge in [0.05, 0.1) is 10.9 Å². The molecule has 1 aromatic heterocycles. The number of piperazine rings is 1. The summed E-state index contributed by atoms with van der Waals surface area (Å²) in [5.74, 6) is 0.901. The molecule has 1 N–H and O–H groups in total. The first-order chi connectivity index (χ1) is 10.6. The highest BCUT2D eigenvalue weighted by atomic mass is 32.1. The molecule has 0 aliphatic carbocycles. The molecule has 3 rings (SSSR count). The fourth-order valence-electron chi connectivity index (χ4n) is 3.20. The molecule has 5 nitrogen and oxygen atoms in total. The fourth-order valence-corrected chi connectivity index (χ4v) is 3.89. The lowest BCUT2D eigenvalue weighted by Gasteiger charge is -2.38. The van der Waals surface area contributed by atoms with Gasteiger partial charge in [0.25, 0.3) is 5.91 Å². The van der Waals surface area contributed by atoms with Crippen molar-refractivity contribution in [1.29, 1.82) is 0 Å². The average Bonchev–Trinajstić information content (AvgIpc) is 3.08. The van der Waals surface area contributed by atoms with Crippen LogP contribution in [0.15, 0.2) is 17.5 Å². The topological polar surface area (TPSA) is 52.7 Å². The third-order valence-electron chi connectivity index (χ3n) is 4.57. The molecule has 2 saturated heterocycles. The van der Waals surface area contributed by atoms with E-state index >= 15 is 0 Å². The summed E-state index contributed by atoms with van der Waals surface area (Å²) in [5, 5.41) is 5.25. The lowest BCUT2D eigenvalue weighted by molar-refractivity contribution is -0.135. The van der Waals surface area contributed by atoms with Gasteiger partial charge in [-0.3, -0.25) is 9.59 Å². The van der Waals surface area contributed by atoms with Crippen LogP contribution in [0.25, 0.3) is 0 Å². The Hall–Kier alpha value is -1.40. The van der Waals surface area contributed by atoms with E-state index < -0.39 is 0 Å². The van der Waals surface area contributed by atoms with Gasteiger partial charge < -0.3 is 15.1 Å². The number of nitrogens with zero attached hydrogens (tertiary/aromatic N) is 2. The third kappa shape index (κ3) is 3.33. The van der Waals surface area contributed by atoms with Gasteiger partial charge in [0, 0.05) is 26.2 Å². The molecule has 2 amide bonds. The summed E-state index contributed by atoms with van der Waals surface area (Å²) in [6.45, 7) is 5.67. The number of amides is 2. The van der Waals surface area contributed by atoms with Gasteiger partial charge in [0.2, 0.25) is 5.91 Å². The number of hydrogen-bond acceptors (Lipinski definition) is 4. The number of rotatable bonds is 2. The first-order valence-corrected chi connectivity index (χ1v) is 8.88. The van der Waals surface area contributed by atoms with Crippen LogP contribution in [0.4, 0.5) is 0 Å². The monoisotopic (exact) mass is 321 g/mol. The van der Waals surface area contributed by atoms with Crippen LogP contribution in [0.3, 0.4) is 0 Å². The summed E-state index contributed by atoms with van der Waals surface area (Å²) in [6, 6.07) is 3.72. The molecule has 1 aromatic rings. The van der Waals surface area contributed by atoms with Crippen molar-refractivity contribution in [3.05, 3.63) is 22.4 Å². The summed E-state index contributed by atoms with van der Waals surface area (Å²) in [5.41, 5.74) is 0. The van der Waals surface area contributed by atoms with Gasteiger partial charge in [0.15, 0.2) is 0 Å². The second-order valence-electron chi connectivity index (χ2n) is 6.23. The summed E-state index contributed by atoms with van der Waals surface area (Å²) in [4.78, 5) is 29.4. The van der Waals surface area contributed by atoms with E-state index in [1.807, 2.05) is 27.3 Å². The van der Waals surface area contributed by atoms with Crippen molar-refractivity contribution < 1.29 is 9.59 Å². The zero-order valence-electron chi connectivity index (χ0n) is 13.0. The molecule has 0 radical (unpaired) electrons. The molecular formula is C16H23N3O2S. The second-order valence-corrected chi connectivity index (χ2v) is 7.18. The Morgan fingerprint density at radius 2 is 1.95 bits per heavy atom. The lowest BCUT2D eigenvalue weighted by atomic mass is 9.93. The second kappa shape index (κ2) is 6.79. The van der Waals surface area contributed by atoms with Crippen molar-refractivity contribution in [3.8, 4) is 0 Å². The Kier molecular flexibility index (Phi) is 4.78. The van der Waals surface area contributed by atoms with Crippen LogP contribution in [0, 0.1) is 5.92 Å². The minimum atomic E-state index is -0.0386. The SMILES string of the molecule is CC1CCNC(C(=O)N2CCN(C(=O)c3cccs3)CC2)C1. The van der Waals surface area contributed by atoms with Crippen molar-refractivity contribution in [2.24, 2.45) is 5.92 Å². The predicted molar refractivity (Wildman–Crippen MR) is 87.0 cm³/mol. The number of nitrogens with one attached hydrogen (secondary N) is 1. The van der Waals surface area contributed by atoms with Crippen molar-refractivity contribution in [1.82, 2.24) is 15.1 Å². The van der Waals surface area contributed by atoms with Crippen LogP contribution >= 0.6 is 11.3 Å². The first-order valence-electron chi connectivity index (χ1n) is 8.00. The van der Waals surface area contributed by atoms with Crippen molar-refractivity contribution in [3.63, 3.8) is 0 Å². The van der Waals surface area contributed by atoms with Crippen molar-refractivity contribution in [2.45, 2.75) is 25.8 Å². The summed E-state index contributed by atoms with van der Waals surface area (Å²) in [6.07, 6.45) is 2.07. The Balaban J connectivity index is 1.53. The highest BCUT2D eigenvalue weighted by Crippen LogP contribution is 2.18. The quantitative estimate of drug-likeness (QED) is 0.896. The highest BCUT2D eigenvalue weighted by molar-refractivity contribution is 7.12. The first kappa shape index (κ1) is 15.5. The van der Waals surface area contributed by atoms with Gasteiger partial charge in [-0.1, -0.05) is 13.0 Å². The number of carbonyl (C=O) groups excluding carboxylic acids is 2. The van der Waals surface area contributed by atoms with E-state index in [1.165, 1.54) is 11.3 Å². The van der Waals surface area contributed by atoms with Crippen molar-refractivity contribution >= 4 is 23.2 Å². The van der Waals surface area contributed by atoms with Gasteiger partial charge >= 0.3 is 0 Å². The third-order valence-corrected chi connectivity index (χ3v) is 5.43.